The summed E-state index contributed by atoms with van der Waals surface area (Å²) < 4.78 is 28.1. The van der Waals surface area contributed by atoms with Crippen molar-refractivity contribution in [3.63, 3.8) is 0 Å². The molecule has 1 aliphatic carbocycles. The van der Waals surface area contributed by atoms with E-state index in [9.17, 15) is 13.2 Å². The first-order chi connectivity index (χ1) is 12.5. The molecule has 1 amide bonds. The second kappa shape index (κ2) is 8.49. The van der Waals surface area contributed by atoms with Crippen LogP contribution in [0, 0.1) is 0 Å². The maximum atomic E-state index is 12.2. The van der Waals surface area contributed by atoms with Crippen molar-refractivity contribution in [1.29, 1.82) is 0 Å². The lowest BCUT2D eigenvalue weighted by Crippen LogP contribution is -2.25. The summed E-state index contributed by atoms with van der Waals surface area (Å²) in [4.78, 5) is 12.1. The number of hydrogen-bond acceptors (Lipinski definition) is 4. The number of sulfonamides is 1. The number of hydrogen-bond donors (Lipinski definition) is 2. The highest BCUT2D eigenvalue weighted by molar-refractivity contribution is 7.90. The summed E-state index contributed by atoms with van der Waals surface area (Å²) in [6, 6.07) is 6.70. The Labute approximate surface area is 154 Å². The second-order valence-corrected chi connectivity index (χ2v) is 8.27. The van der Waals surface area contributed by atoms with Gasteiger partial charge in [-0.05, 0) is 50.7 Å². The van der Waals surface area contributed by atoms with Crippen LogP contribution in [0.1, 0.15) is 51.4 Å². The van der Waals surface area contributed by atoms with Crippen LogP contribution >= 0.6 is 0 Å². The molecule has 26 heavy (non-hydrogen) atoms. The van der Waals surface area contributed by atoms with Gasteiger partial charge >= 0.3 is 0 Å². The van der Waals surface area contributed by atoms with Crippen LogP contribution in [0.2, 0.25) is 0 Å². The molecule has 0 unspecified atom stereocenters. The minimum Gasteiger partial charge on any atom is -0.356 e. The third kappa shape index (κ3) is 4.94. The third-order valence-corrected chi connectivity index (χ3v) is 6.02. The first-order valence-electron chi connectivity index (χ1n) is 9.19. The van der Waals surface area contributed by atoms with E-state index in [2.05, 4.69) is 21.1 Å². The minimum atomic E-state index is -3.65. The topological polar surface area (TPSA) is 87.6 Å². The smallest absolute Gasteiger partial charge is 0.286 e. The molecular weight excluding hydrogens is 350 g/mol. The summed E-state index contributed by atoms with van der Waals surface area (Å²) in [5.41, 5.74) is 1.99. The van der Waals surface area contributed by atoms with Crippen molar-refractivity contribution >= 4 is 27.5 Å². The monoisotopic (exact) mass is 375 g/mol. The van der Waals surface area contributed by atoms with Crippen LogP contribution in [0.5, 0.6) is 0 Å². The second-order valence-electron chi connectivity index (χ2n) is 6.70. The van der Waals surface area contributed by atoms with Gasteiger partial charge in [0.25, 0.3) is 10.0 Å². The van der Waals surface area contributed by atoms with E-state index in [1.54, 1.807) is 18.2 Å². The Morgan fingerprint density at radius 1 is 1.19 bits per heavy atom. The van der Waals surface area contributed by atoms with Crippen LogP contribution < -0.4 is 10.6 Å². The number of carbonyl (C=O) groups is 1. The predicted octanol–water partition coefficient (Wildman–Crippen LogP) is 3.38. The van der Waals surface area contributed by atoms with E-state index in [1.165, 1.54) is 24.5 Å². The molecule has 0 bridgehead atoms. The Balaban J connectivity index is 1.41. The Hall–Kier alpha value is -2.15. The molecule has 0 radical (unpaired) electrons. The van der Waals surface area contributed by atoms with Crippen molar-refractivity contribution in [3.05, 3.63) is 35.9 Å². The first kappa shape index (κ1) is 18.6. The molecule has 1 aliphatic heterocycles. The quantitative estimate of drug-likeness (QED) is 0.715. The van der Waals surface area contributed by atoms with Crippen LogP contribution in [-0.2, 0) is 14.8 Å². The molecule has 0 atom stereocenters. The fraction of sp³-hybridized carbons (Fsp3) is 0.474. The van der Waals surface area contributed by atoms with Crippen molar-refractivity contribution in [2.75, 3.05) is 11.9 Å². The molecular formula is C19H25N3O3S. The maximum absolute atomic E-state index is 12.2. The van der Waals surface area contributed by atoms with Gasteiger partial charge in [0.1, 0.15) is 10.7 Å². The van der Waals surface area contributed by atoms with E-state index in [0.717, 1.165) is 19.3 Å². The number of amides is 1. The molecule has 1 heterocycles. The molecule has 3 rings (SSSR count). The van der Waals surface area contributed by atoms with Crippen LogP contribution in [-0.4, -0.2) is 26.7 Å². The molecule has 0 saturated heterocycles. The van der Waals surface area contributed by atoms with Gasteiger partial charge in [0, 0.05) is 19.4 Å². The van der Waals surface area contributed by atoms with Gasteiger partial charge in [-0.3, -0.25) is 4.79 Å². The van der Waals surface area contributed by atoms with E-state index in [4.69, 9.17) is 0 Å². The standard InChI is InChI=1S/C19H25N3O3S/c23-19(20-14-13-15-7-2-1-3-8-15)12-6-11-18-21-16-9-4-5-10-17(16)26(24,25)22-18/h4-5,7,9-10H,1-3,6,8,11-14H2,(H,20,23)(H,21,22). The van der Waals surface area contributed by atoms with Gasteiger partial charge in [0.2, 0.25) is 5.91 Å². The number of nitrogens with zero attached hydrogens (tertiary/aromatic N) is 1. The summed E-state index contributed by atoms with van der Waals surface area (Å²) in [7, 11) is -3.65. The van der Waals surface area contributed by atoms with Gasteiger partial charge in [-0.1, -0.05) is 23.8 Å². The summed E-state index contributed by atoms with van der Waals surface area (Å²) in [6.07, 6.45) is 9.39. The lowest BCUT2D eigenvalue weighted by molar-refractivity contribution is -0.121. The van der Waals surface area contributed by atoms with E-state index in [1.807, 2.05) is 0 Å². The number of rotatable bonds is 7. The maximum Gasteiger partial charge on any atom is 0.286 e. The van der Waals surface area contributed by atoms with E-state index < -0.39 is 10.0 Å². The average Bonchev–Trinajstić information content (AvgIpc) is 2.62. The van der Waals surface area contributed by atoms with Crippen LogP contribution in [0.4, 0.5) is 5.69 Å². The molecule has 2 N–H and O–H groups in total. The summed E-state index contributed by atoms with van der Waals surface area (Å²) in [5, 5.41) is 5.99. The number of fused-ring (bicyclic) bond motifs is 1. The lowest BCUT2D eigenvalue weighted by Gasteiger charge is -2.17. The zero-order chi connectivity index (χ0) is 18.4. The van der Waals surface area contributed by atoms with Gasteiger partial charge in [0.05, 0.1) is 5.69 Å². The number of allylic oxidation sites excluding steroid dienone is 1. The highest BCUT2D eigenvalue weighted by Crippen LogP contribution is 2.27. The van der Waals surface area contributed by atoms with Crippen LogP contribution in [0.3, 0.4) is 0 Å². The normalized spacial score (nSPS) is 18.2. The highest BCUT2D eigenvalue weighted by Gasteiger charge is 2.23. The van der Waals surface area contributed by atoms with Crippen molar-refractivity contribution in [2.24, 2.45) is 4.40 Å². The number of carbonyl (C=O) groups excluding carboxylic acids is 1. The van der Waals surface area contributed by atoms with Gasteiger partial charge in [-0.15, -0.1) is 4.40 Å². The molecule has 7 heteroatoms. The zero-order valence-electron chi connectivity index (χ0n) is 14.8. The fourth-order valence-electron chi connectivity index (χ4n) is 3.27. The Bertz CT molecular complexity index is 828. The van der Waals surface area contributed by atoms with Gasteiger partial charge < -0.3 is 10.6 Å². The minimum absolute atomic E-state index is 0.000996. The summed E-state index contributed by atoms with van der Waals surface area (Å²) in [6.45, 7) is 0.672. The van der Waals surface area contributed by atoms with Crippen molar-refractivity contribution in [1.82, 2.24) is 5.32 Å². The van der Waals surface area contributed by atoms with Crippen molar-refractivity contribution in [3.8, 4) is 0 Å². The van der Waals surface area contributed by atoms with Gasteiger partial charge in [-0.25, -0.2) is 0 Å². The van der Waals surface area contributed by atoms with Crippen molar-refractivity contribution in [2.45, 2.75) is 56.3 Å². The van der Waals surface area contributed by atoms with E-state index in [0.29, 0.717) is 37.3 Å². The third-order valence-electron chi connectivity index (χ3n) is 4.65. The molecule has 2 aliphatic rings. The molecule has 140 valence electrons. The van der Waals surface area contributed by atoms with E-state index >= 15 is 0 Å². The fourth-order valence-corrected chi connectivity index (χ4v) is 4.45. The Morgan fingerprint density at radius 3 is 2.85 bits per heavy atom. The number of amidine groups is 1. The number of benzene rings is 1. The highest BCUT2D eigenvalue weighted by atomic mass is 32.2. The van der Waals surface area contributed by atoms with E-state index in [-0.39, 0.29) is 10.8 Å². The molecule has 0 saturated carbocycles. The SMILES string of the molecule is O=C(CCCC1=NS(=O)(=O)c2ccccc2N1)NCCC1=CCCCC1. The van der Waals surface area contributed by atoms with Gasteiger partial charge in [0.15, 0.2) is 0 Å². The molecule has 0 fully saturated rings. The molecule has 1 aromatic rings. The number of anilines is 1. The molecule has 0 aromatic heterocycles. The molecule has 1 aromatic carbocycles. The predicted molar refractivity (Wildman–Crippen MR) is 103 cm³/mol. The lowest BCUT2D eigenvalue weighted by atomic mass is 9.97. The van der Waals surface area contributed by atoms with Gasteiger partial charge in [-0.2, -0.15) is 8.42 Å². The average molecular weight is 375 g/mol. The summed E-state index contributed by atoms with van der Waals surface area (Å²) >= 11 is 0. The first-order valence-corrected chi connectivity index (χ1v) is 10.6. The van der Waals surface area contributed by atoms with Crippen LogP contribution in [0.15, 0.2) is 45.2 Å². The zero-order valence-corrected chi connectivity index (χ0v) is 15.6. The Morgan fingerprint density at radius 2 is 2.04 bits per heavy atom. The Kier molecular flexibility index (Phi) is 6.08. The number of para-hydroxylation sites is 1. The van der Waals surface area contributed by atoms with Crippen molar-refractivity contribution < 1.29 is 13.2 Å². The molecule has 6 nitrogen and oxygen atoms in total. The summed E-state index contributed by atoms with van der Waals surface area (Å²) in [5.74, 6) is 0.393. The largest absolute Gasteiger partial charge is 0.356 e. The van der Waals surface area contributed by atoms with Crippen LogP contribution in [0.25, 0.3) is 0 Å². The number of nitrogens with one attached hydrogen (secondary N) is 2. The molecule has 0 spiro atoms.